The summed E-state index contributed by atoms with van der Waals surface area (Å²) in [6.45, 7) is 2.28. The lowest BCUT2D eigenvalue weighted by molar-refractivity contribution is 0.634. The number of rotatable bonds is 7. The summed E-state index contributed by atoms with van der Waals surface area (Å²) in [6, 6.07) is 20.2. The monoisotopic (exact) mass is 364 g/mol. The average molecular weight is 365 g/mol. The number of fused-ring (bicyclic) bond motifs is 2. The Bertz CT molecular complexity index is 909. The van der Waals surface area contributed by atoms with Gasteiger partial charge in [0, 0.05) is 19.2 Å². The van der Waals surface area contributed by atoms with Crippen LogP contribution in [0.3, 0.4) is 0 Å². The molecule has 0 aliphatic carbocycles. The SMILES string of the molecule is CCCCCCCc1cc2cc3sc(-c4ccccc4)cc3cc2s1. The van der Waals surface area contributed by atoms with Gasteiger partial charge in [-0.15, -0.1) is 22.7 Å². The Labute approximate surface area is 158 Å². The maximum atomic E-state index is 2.42. The van der Waals surface area contributed by atoms with Gasteiger partial charge in [-0.3, -0.25) is 0 Å². The van der Waals surface area contributed by atoms with Gasteiger partial charge in [-0.2, -0.15) is 0 Å². The minimum Gasteiger partial charge on any atom is -0.140 e. The van der Waals surface area contributed by atoms with E-state index < -0.39 is 0 Å². The fraction of sp³-hybridized carbons (Fsp3) is 0.304. The fourth-order valence-electron chi connectivity index (χ4n) is 3.40. The van der Waals surface area contributed by atoms with Crippen molar-refractivity contribution in [1.29, 1.82) is 0 Å². The molecule has 128 valence electrons. The van der Waals surface area contributed by atoms with Crippen molar-refractivity contribution in [2.75, 3.05) is 0 Å². The fourth-order valence-corrected chi connectivity index (χ4v) is 5.63. The smallest absolute Gasteiger partial charge is 0.0356 e. The van der Waals surface area contributed by atoms with Crippen LogP contribution in [-0.2, 0) is 6.42 Å². The zero-order valence-electron chi connectivity index (χ0n) is 14.8. The minimum absolute atomic E-state index is 1.24. The standard InChI is InChI=1S/C23H24S2/c1-2-3-4-5-9-12-20-13-18-14-23-19(16-22(18)24-20)15-21(25-23)17-10-7-6-8-11-17/h6-8,10-11,13-16H,2-5,9,12H2,1H3. The van der Waals surface area contributed by atoms with Crippen molar-refractivity contribution in [3.05, 3.63) is 59.5 Å². The van der Waals surface area contributed by atoms with Crippen molar-refractivity contribution in [3.63, 3.8) is 0 Å². The Morgan fingerprint density at radius 2 is 1.44 bits per heavy atom. The van der Waals surface area contributed by atoms with Crippen LogP contribution in [-0.4, -0.2) is 0 Å². The second kappa shape index (κ2) is 7.72. The van der Waals surface area contributed by atoms with Crippen molar-refractivity contribution in [3.8, 4) is 10.4 Å². The molecule has 0 unspecified atom stereocenters. The highest BCUT2D eigenvalue weighted by molar-refractivity contribution is 7.23. The number of hydrogen-bond acceptors (Lipinski definition) is 2. The van der Waals surface area contributed by atoms with E-state index in [2.05, 4.69) is 61.5 Å². The third kappa shape index (κ3) is 3.80. The van der Waals surface area contributed by atoms with Gasteiger partial charge >= 0.3 is 0 Å². The molecule has 0 fully saturated rings. The van der Waals surface area contributed by atoms with Gasteiger partial charge in [0.05, 0.1) is 0 Å². The highest BCUT2D eigenvalue weighted by Crippen LogP contribution is 2.38. The molecule has 0 amide bonds. The van der Waals surface area contributed by atoms with Gasteiger partial charge in [0.2, 0.25) is 0 Å². The first-order valence-electron chi connectivity index (χ1n) is 9.35. The van der Waals surface area contributed by atoms with Crippen LogP contribution in [0.2, 0.25) is 0 Å². The third-order valence-corrected chi connectivity index (χ3v) is 7.10. The lowest BCUT2D eigenvalue weighted by atomic mass is 10.1. The maximum Gasteiger partial charge on any atom is 0.0356 e. The average Bonchev–Trinajstić information content (AvgIpc) is 3.22. The van der Waals surface area contributed by atoms with Crippen molar-refractivity contribution < 1.29 is 0 Å². The zero-order chi connectivity index (χ0) is 17.1. The number of benzene rings is 2. The molecule has 2 heterocycles. The Morgan fingerprint density at radius 3 is 2.24 bits per heavy atom. The second-order valence-electron chi connectivity index (χ2n) is 6.78. The molecule has 0 nitrogen and oxygen atoms in total. The molecule has 0 atom stereocenters. The van der Waals surface area contributed by atoms with E-state index in [1.54, 1.807) is 4.88 Å². The lowest BCUT2D eigenvalue weighted by Crippen LogP contribution is -1.81. The van der Waals surface area contributed by atoms with Crippen LogP contribution in [0, 0.1) is 0 Å². The van der Waals surface area contributed by atoms with E-state index in [0.29, 0.717) is 0 Å². The predicted octanol–water partition coefficient (Wildman–Crippen LogP) is 8.30. The molecule has 0 spiro atoms. The van der Waals surface area contributed by atoms with Gasteiger partial charge < -0.3 is 0 Å². The number of thiophene rings is 2. The third-order valence-electron chi connectivity index (χ3n) is 4.79. The molecule has 0 saturated heterocycles. The number of hydrogen-bond donors (Lipinski definition) is 0. The van der Waals surface area contributed by atoms with E-state index in [-0.39, 0.29) is 0 Å². The van der Waals surface area contributed by atoms with E-state index in [1.807, 2.05) is 22.7 Å². The van der Waals surface area contributed by atoms with E-state index in [4.69, 9.17) is 0 Å². The molecule has 0 saturated carbocycles. The Kier molecular flexibility index (Phi) is 5.19. The second-order valence-corrected chi connectivity index (χ2v) is 9.03. The first kappa shape index (κ1) is 16.8. The molecule has 2 heteroatoms. The topological polar surface area (TPSA) is 0 Å². The van der Waals surface area contributed by atoms with Crippen molar-refractivity contribution in [2.45, 2.75) is 45.4 Å². The van der Waals surface area contributed by atoms with E-state index >= 15 is 0 Å². The summed E-state index contributed by atoms with van der Waals surface area (Å²) in [4.78, 5) is 2.91. The Morgan fingerprint density at radius 1 is 0.720 bits per heavy atom. The lowest BCUT2D eigenvalue weighted by Gasteiger charge is -1.97. The summed E-state index contributed by atoms with van der Waals surface area (Å²) in [5, 5.41) is 2.80. The largest absolute Gasteiger partial charge is 0.140 e. The predicted molar refractivity (Wildman–Crippen MR) is 115 cm³/mol. The maximum absolute atomic E-state index is 2.42. The van der Waals surface area contributed by atoms with Crippen LogP contribution in [0.5, 0.6) is 0 Å². The summed E-state index contributed by atoms with van der Waals surface area (Å²) in [5.74, 6) is 0. The van der Waals surface area contributed by atoms with Gasteiger partial charge in [0.15, 0.2) is 0 Å². The molecule has 25 heavy (non-hydrogen) atoms. The summed E-state index contributed by atoms with van der Waals surface area (Å²) in [5.41, 5.74) is 1.32. The number of unbranched alkanes of at least 4 members (excludes halogenated alkanes) is 4. The molecule has 0 aliphatic rings. The molecule has 2 aromatic carbocycles. The van der Waals surface area contributed by atoms with Crippen molar-refractivity contribution >= 4 is 42.8 Å². The van der Waals surface area contributed by atoms with Gasteiger partial charge in [-0.1, -0.05) is 62.9 Å². The molecule has 0 N–H and O–H groups in total. The molecule has 0 bridgehead atoms. The first-order valence-corrected chi connectivity index (χ1v) is 11.0. The van der Waals surface area contributed by atoms with Gasteiger partial charge in [0.1, 0.15) is 0 Å². The van der Waals surface area contributed by atoms with Crippen LogP contribution < -0.4 is 0 Å². The van der Waals surface area contributed by atoms with E-state index in [0.717, 1.165) is 0 Å². The van der Waals surface area contributed by atoms with E-state index in [1.165, 1.54) is 69.1 Å². The normalized spacial score (nSPS) is 11.6. The highest BCUT2D eigenvalue weighted by Gasteiger charge is 2.08. The molecule has 0 aliphatic heterocycles. The van der Waals surface area contributed by atoms with Crippen LogP contribution >= 0.6 is 22.7 Å². The molecule has 2 aromatic heterocycles. The van der Waals surface area contributed by atoms with Crippen LogP contribution in [0.25, 0.3) is 30.6 Å². The summed E-state index contributed by atoms with van der Waals surface area (Å²) in [7, 11) is 0. The van der Waals surface area contributed by atoms with Gasteiger partial charge in [-0.05, 0) is 53.4 Å². The highest BCUT2D eigenvalue weighted by atomic mass is 32.1. The van der Waals surface area contributed by atoms with Crippen molar-refractivity contribution in [2.24, 2.45) is 0 Å². The van der Waals surface area contributed by atoms with Gasteiger partial charge in [0.25, 0.3) is 0 Å². The summed E-state index contributed by atoms with van der Waals surface area (Å²) in [6.07, 6.45) is 8.04. The Hall–Kier alpha value is -1.64. The van der Waals surface area contributed by atoms with Gasteiger partial charge in [-0.25, -0.2) is 0 Å². The quantitative estimate of drug-likeness (QED) is 0.289. The summed E-state index contributed by atoms with van der Waals surface area (Å²) < 4.78 is 2.84. The number of aryl methyl sites for hydroxylation is 1. The van der Waals surface area contributed by atoms with Crippen LogP contribution in [0.4, 0.5) is 0 Å². The molecule has 4 aromatic rings. The minimum atomic E-state index is 1.24. The summed E-state index contributed by atoms with van der Waals surface area (Å²) >= 11 is 3.89. The molecule has 0 radical (unpaired) electrons. The van der Waals surface area contributed by atoms with Crippen LogP contribution in [0.15, 0.2) is 54.6 Å². The van der Waals surface area contributed by atoms with Crippen LogP contribution in [0.1, 0.15) is 43.9 Å². The molecular formula is C23H24S2. The Balaban J connectivity index is 1.55. The molecule has 4 rings (SSSR count). The van der Waals surface area contributed by atoms with E-state index in [9.17, 15) is 0 Å². The molecular weight excluding hydrogens is 340 g/mol. The first-order chi connectivity index (χ1) is 12.3. The zero-order valence-corrected chi connectivity index (χ0v) is 16.4. The van der Waals surface area contributed by atoms with Crippen molar-refractivity contribution in [1.82, 2.24) is 0 Å².